The van der Waals surface area contributed by atoms with E-state index in [4.69, 9.17) is 11.6 Å². The number of amides is 3. The summed E-state index contributed by atoms with van der Waals surface area (Å²) in [6, 6.07) is 27.4. The van der Waals surface area contributed by atoms with Gasteiger partial charge in [-0.25, -0.2) is 4.79 Å². The van der Waals surface area contributed by atoms with Crippen LogP contribution in [-0.2, 0) is 4.79 Å². The lowest BCUT2D eigenvalue weighted by Gasteiger charge is -2.31. The molecule has 6 nitrogen and oxygen atoms in total. The molecule has 4 aromatic rings. The topological polar surface area (TPSA) is 78.5 Å². The average molecular weight is 572 g/mol. The lowest BCUT2D eigenvalue weighted by Crippen LogP contribution is -2.50. The van der Waals surface area contributed by atoms with Crippen LogP contribution in [0.4, 0.5) is 10.5 Å². The fourth-order valence-corrected chi connectivity index (χ4v) is 6.34. The molecule has 3 aromatic carbocycles. The van der Waals surface area contributed by atoms with E-state index in [0.29, 0.717) is 22.1 Å². The zero-order valence-electron chi connectivity index (χ0n) is 22.0. The first kappa shape index (κ1) is 27.6. The molecule has 40 heavy (non-hydrogen) atoms. The molecule has 1 aliphatic rings. The summed E-state index contributed by atoms with van der Waals surface area (Å²) in [6.45, 7) is 2.43. The van der Waals surface area contributed by atoms with E-state index in [-0.39, 0.29) is 11.7 Å². The minimum Gasteiger partial charge on any atom is -0.354 e. The molecule has 0 spiro atoms. The van der Waals surface area contributed by atoms with Crippen molar-refractivity contribution >= 4 is 46.3 Å². The highest BCUT2D eigenvalue weighted by Gasteiger charge is 2.57. The molecular weight excluding hydrogens is 542 g/mol. The molecule has 0 saturated carbocycles. The standard InChI is InChI=1S/C32H30ClN3O3S/c1-2-19-34-31(38)29-26(21-15-17-23(33)18-16-21)27(30(37)25-14-9-20-40-25)28(22-10-5-3-6-11-22)36(29)32(39)35-24-12-7-4-8-13-24/h3-18,20,26-29H,2,19H2,1H3,(H,34,38)(H,35,39). The van der Waals surface area contributed by atoms with Gasteiger partial charge in [0.15, 0.2) is 5.78 Å². The Morgan fingerprint density at radius 3 is 2.15 bits per heavy atom. The number of likely N-dealkylation sites (tertiary alicyclic amines) is 1. The van der Waals surface area contributed by atoms with E-state index in [9.17, 15) is 14.4 Å². The predicted octanol–water partition coefficient (Wildman–Crippen LogP) is 7.17. The molecule has 0 aliphatic carbocycles. The van der Waals surface area contributed by atoms with Crippen LogP contribution < -0.4 is 10.6 Å². The first-order chi connectivity index (χ1) is 19.5. The molecule has 0 bridgehead atoms. The van der Waals surface area contributed by atoms with Crippen LogP contribution in [0.2, 0.25) is 5.02 Å². The summed E-state index contributed by atoms with van der Waals surface area (Å²) in [5.74, 6) is -1.74. The zero-order chi connectivity index (χ0) is 28.1. The van der Waals surface area contributed by atoms with Gasteiger partial charge in [0, 0.05) is 23.2 Å². The Hall–Kier alpha value is -3.94. The van der Waals surface area contributed by atoms with Gasteiger partial charge >= 0.3 is 6.03 Å². The second kappa shape index (κ2) is 12.5. The molecule has 4 atom stereocenters. The van der Waals surface area contributed by atoms with Gasteiger partial charge in [0.2, 0.25) is 5.91 Å². The predicted molar refractivity (Wildman–Crippen MR) is 160 cm³/mol. The van der Waals surface area contributed by atoms with Gasteiger partial charge in [0.25, 0.3) is 0 Å². The van der Waals surface area contributed by atoms with Gasteiger partial charge in [-0.3, -0.25) is 9.59 Å². The molecule has 1 aliphatic heterocycles. The number of benzene rings is 3. The number of Topliss-reactive ketones (excluding diaryl/α,β-unsaturated/α-hetero) is 1. The number of nitrogens with one attached hydrogen (secondary N) is 2. The lowest BCUT2D eigenvalue weighted by molar-refractivity contribution is -0.125. The van der Waals surface area contributed by atoms with E-state index in [0.717, 1.165) is 17.5 Å². The van der Waals surface area contributed by atoms with Crippen molar-refractivity contribution in [2.45, 2.75) is 31.3 Å². The van der Waals surface area contributed by atoms with E-state index >= 15 is 0 Å². The second-order valence-electron chi connectivity index (χ2n) is 9.74. The Kier molecular flexibility index (Phi) is 8.63. The Morgan fingerprint density at radius 2 is 1.52 bits per heavy atom. The highest BCUT2D eigenvalue weighted by atomic mass is 35.5. The maximum absolute atomic E-state index is 14.3. The fraction of sp³-hybridized carbons (Fsp3) is 0.219. The molecular formula is C32H30ClN3O3S. The number of carbonyl (C=O) groups is 3. The third-order valence-electron chi connectivity index (χ3n) is 7.21. The maximum atomic E-state index is 14.3. The van der Waals surface area contributed by atoms with E-state index < -0.39 is 30.0 Å². The fourth-order valence-electron chi connectivity index (χ4n) is 5.50. The van der Waals surface area contributed by atoms with Crippen LogP contribution in [0, 0.1) is 5.92 Å². The first-order valence-corrected chi connectivity index (χ1v) is 14.6. The number of ketones is 1. The van der Waals surface area contributed by atoms with Crippen LogP contribution in [0.1, 0.15) is 46.1 Å². The Labute approximate surface area is 243 Å². The van der Waals surface area contributed by atoms with Crippen LogP contribution in [0.3, 0.4) is 0 Å². The molecule has 3 amide bonds. The largest absolute Gasteiger partial charge is 0.354 e. The van der Waals surface area contributed by atoms with Crippen molar-refractivity contribution in [2.24, 2.45) is 5.92 Å². The van der Waals surface area contributed by atoms with E-state index in [2.05, 4.69) is 10.6 Å². The normalized spacial score (nSPS) is 20.2. The van der Waals surface area contributed by atoms with Crippen LogP contribution in [0.5, 0.6) is 0 Å². The lowest BCUT2D eigenvalue weighted by atomic mass is 9.77. The van der Waals surface area contributed by atoms with Crippen LogP contribution in [0.15, 0.2) is 102 Å². The number of urea groups is 1. The molecule has 2 heterocycles. The SMILES string of the molecule is CCCNC(=O)C1C(c2ccc(Cl)cc2)C(C(=O)c2cccs2)C(c2ccccc2)N1C(=O)Nc1ccccc1. The summed E-state index contributed by atoms with van der Waals surface area (Å²) in [5, 5.41) is 8.39. The Balaban J connectivity index is 1.72. The molecule has 4 unspecified atom stereocenters. The molecule has 5 rings (SSSR count). The minimum atomic E-state index is -0.949. The third kappa shape index (κ3) is 5.67. The van der Waals surface area contributed by atoms with Crippen molar-refractivity contribution in [1.29, 1.82) is 0 Å². The van der Waals surface area contributed by atoms with Crippen LogP contribution >= 0.6 is 22.9 Å². The average Bonchev–Trinajstić information content (AvgIpc) is 3.64. The van der Waals surface area contributed by atoms with Crippen molar-refractivity contribution in [2.75, 3.05) is 11.9 Å². The summed E-state index contributed by atoms with van der Waals surface area (Å²) < 4.78 is 0. The highest BCUT2D eigenvalue weighted by Crippen LogP contribution is 2.51. The zero-order valence-corrected chi connectivity index (χ0v) is 23.6. The van der Waals surface area contributed by atoms with Crippen LogP contribution in [-0.4, -0.2) is 35.2 Å². The Bertz CT molecular complexity index is 1450. The number of para-hydroxylation sites is 1. The number of anilines is 1. The summed E-state index contributed by atoms with van der Waals surface area (Å²) in [5.41, 5.74) is 2.15. The number of hydrogen-bond acceptors (Lipinski definition) is 4. The summed E-state index contributed by atoms with van der Waals surface area (Å²) in [4.78, 5) is 44.7. The number of hydrogen-bond donors (Lipinski definition) is 2. The molecule has 0 radical (unpaired) electrons. The van der Waals surface area contributed by atoms with Gasteiger partial charge in [0.1, 0.15) is 6.04 Å². The summed E-state index contributed by atoms with van der Waals surface area (Å²) in [7, 11) is 0. The van der Waals surface area contributed by atoms with Crippen LogP contribution in [0.25, 0.3) is 0 Å². The van der Waals surface area contributed by atoms with Crippen molar-refractivity contribution in [3.63, 3.8) is 0 Å². The van der Waals surface area contributed by atoms with Gasteiger partial charge < -0.3 is 15.5 Å². The van der Waals surface area contributed by atoms with Gasteiger partial charge in [-0.2, -0.15) is 0 Å². The van der Waals surface area contributed by atoms with Crippen molar-refractivity contribution in [3.05, 3.63) is 123 Å². The van der Waals surface area contributed by atoms with Gasteiger partial charge in [0.05, 0.1) is 16.8 Å². The molecule has 1 fully saturated rings. The first-order valence-electron chi connectivity index (χ1n) is 13.3. The summed E-state index contributed by atoms with van der Waals surface area (Å²) in [6.07, 6.45) is 0.736. The molecule has 1 aromatic heterocycles. The van der Waals surface area contributed by atoms with E-state index in [1.54, 1.807) is 35.2 Å². The number of carbonyl (C=O) groups excluding carboxylic acids is 3. The van der Waals surface area contributed by atoms with Crippen molar-refractivity contribution < 1.29 is 14.4 Å². The highest BCUT2D eigenvalue weighted by molar-refractivity contribution is 7.12. The van der Waals surface area contributed by atoms with E-state index in [1.165, 1.54) is 11.3 Å². The van der Waals surface area contributed by atoms with Crippen molar-refractivity contribution in [1.82, 2.24) is 10.2 Å². The number of thiophene rings is 1. The van der Waals surface area contributed by atoms with Gasteiger partial charge in [-0.1, -0.05) is 85.3 Å². The maximum Gasteiger partial charge on any atom is 0.323 e. The Morgan fingerprint density at radius 1 is 0.850 bits per heavy atom. The van der Waals surface area contributed by atoms with Crippen molar-refractivity contribution in [3.8, 4) is 0 Å². The molecule has 8 heteroatoms. The summed E-state index contributed by atoms with van der Waals surface area (Å²) >= 11 is 7.60. The quantitative estimate of drug-likeness (QED) is 0.220. The molecule has 1 saturated heterocycles. The third-order valence-corrected chi connectivity index (χ3v) is 8.34. The van der Waals surface area contributed by atoms with Gasteiger partial charge in [-0.05, 0) is 53.3 Å². The number of nitrogens with zero attached hydrogens (tertiary/aromatic N) is 1. The molecule has 2 N–H and O–H groups in total. The minimum absolute atomic E-state index is 0.105. The monoisotopic (exact) mass is 571 g/mol. The number of rotatable bonds is 8. The second-order valence-corrected chi connectivity index (χ2v) is 11.1. The molecule has 204 valence electrons. The van der Waals surface area contributed by atoms with Gasteiger partial charge in [-0.15, -0.1) is 11.3 Å². The smallest absolute Gasteiger partial charge is 0.323 e. The van der Waals surface area contributed by atoms with E-state index in [1.807, 2.05) is 79.0 Å². The number of halogens is 1.